The van der Waals surface area contributed by atoms with Crippen LogP contribution in [0.5, 0.6) is 5.75 Å². The van der Waals surface area contributed by atoms with Gasteiger partial charge in [0.25, 0.3) is 0 Å². The number of dihydropyridines is 1. The maximum Gasteiger partial charge on any atom is 0.247 e. The molecule has 0 fully saturated rings. The lowest BCUT2D eigenvalue weighted by atomic mass is 9.86. The quantitative estimate of drug-likeness (QED) is 0.451. The number of nitrogens with one attached hydrogen (secondary N) is 2. The van der Waals surface area contributed by atoms with Gasteiger partial charge in [-0.2, -0.15) is 5.26 Å². The van der Waals surface area contributed by atoms with Crippen LogP contribution >= 0.6 is 11.8 Å². The summed E-state index contributed by atoms with van der Waals surface area (Å²) in [5, 5.41) is 16.2. The van der Waals surface area contributed by atoms with E-state index in [4.69, 9.17) is 14.9 Å². The highest BCUT2D eigenvalue weighted by atomic mass is 32.2. The smallest absolute Gasteiger partial charge is 0.247 e. The van der Waals surface area contributed by atoms with Crippen LogP contribution < -0.4 is 21.1 Å². The van der Waals surface area contributed by atoms with Gasteiger partial charge in [-0.1, -0.05) is 25.1 Å². The number of carbonyl (C=O) groups is 2. The Balaban J connectivity index is 1.68. The minimum absolute atomic E-state index is 0.0618. The molecular formula is C24H26N4O4S. The minimum atomic E-state index is -0.727. The van der Waals surface area contributed by atoms with Gasteiger partial charge >= 0.3 is 0 Å². The van der Waals surface area contributed by atoms with Crippen molar-refractivity contribution in [1.29, 1.82) is 5.26 Å². The molecule has 0 saturated heterocycles. The molecule has 9 heteroatoms. The standard InChI is InChI=1S/C24H26N4O4S/c1-3-4-11-31-17-9-7-16(8-10-17)28-20(29)14-33-24-18(13-25)22(19-6-5-12-32-19)21(23(26)30)15(2)27-24/h5-10,12,22,27H,3-4,11,14H2,1-2H3,(H2,26,30)(H,28,29). The van der Waals surface area contributed by atoms with Crippen LogP contribution in [0, 0.1) is 11.3 Å². The Labute approximate surface area is 196 Å². The van der Waals surface area contributed by atoms with E-state index >= 15 is 0 Å². The fourth-order valence-electron chi connectivity index (χ4n) is 3.40. The third-order valence-corrected chi connectivity index (χ3v) is 6.01. The van der Waals surface area contributed by atoms with Crippen LogP contribution in [0.2, 0.25) is 0 Å². The van der Waals surface area contributed by atoms with Crippen LogP contribution in [0.3, 0.4) is 0 Å². The number of furan rings is 1. The number of ether oxygens (including phenoxy) is 1. The third kappa shape index (κ3) is 5.99. The second kappa shape index (κ2) is 11.3. The second-order valence-electron chi connectivity index (χ2n) is 7.39. The first kappa shape index (κ1) is 24.0. The SMILES string of the molecule is CCCCOc1ccc(NC(=O)CSC2=C(C#N)C(c3ccco3)C(C(N)=O)=C(C)N2)cc1. The van der Waals surface area contributed by atoms with E-state index in [-0.39, 0.29) is 22.8 Å². The van der Waals surface area contributed by atoms with Crippen LogP contribution in [0.4, 0.5) is 5.69 Å². The molecule has 0 radical (unpaired) electrons. The zero-order valence-electron chi connectivity index (χ0n) is 18.5. The molecule has 2 heterocycles. The number of anilines is 1. The molecule has 1 aromatic carbocycles. The van der Waals surface area contributed by atoms with E-state index in [0.29, 0.717) is 28.8 Å². The summed E-state index contributed by atoms with van der Waals surface area (Å²) in [7, 11) is 0. The molecule has 0 bridgehead atoms. The number of allylic oxidation sites excluding steroid dienone is 2. The lowest BCUT2D eigenvalue weighted by molar-refractivity contribution is -0.115. The largest absolute Gasteiger partial charge is 0.494 e. The van der Waals surface area contributed by atoms with Gasteiger partial charge in [0, 0.05) is 11.4 Å². The van der Waals surface area contributed by atoms with Crippen molar-refractivity contribution in [3.63, 3.8) is 0 Å². The first-order valence-electron chi connectivity index (χ1n) is 10.5. The zero-order valence-corrected chi connectivity index (χ0v) is 19.3. The van der Waals surface area contributed by atoms with E-state index in [2.05, 4.69) is 23.6 Å². The Morgan fingerprint density at radius 1 is 1.30 bits per heavy atom. The fraction of sp³-hybridized carbons (Fsp3) is 0.292. The molecule has 2 aromatic rings. The number of nitriles is 1. The molecule has 1 aliphatic heterocycles. The maximum absolute atomic E-state index is 12.5. The molecule has 1 atom stereocenters. The van der Waals surface area contributed by atoms with Crippen molar-refractivity contribution in [2.45, 2.75) is 32.6 Å². The number of amides is 2. The number of nitrogens with zero attached hydrogens (tertiary/aromatic N) is 1. The number of primary amides is 1. The number of unbranched alkanes of at least 4 members (excludes halogenated alkanes) is 1. The predicted octanol–water partition coefficient (Wildman–Crippen LogP) is 4.01. The Kier molecular flexibility index (Phi) is 8.22. The van der Waals surface area contributed by atoms with Gasteiger partial charge in [-0.25, -0.2) is 0 Å². The zero-order chi connectivity index (χ0) is 23.8. The molecule has 172 valence electrons. The lowest BCUT2D eigenvalue weighted by Gasteiger charge is -2.27. The minimum Gasteiger partial charge on any atom is -0.494 e. The molecule has 0 aliphatic carbocycles. The first-order chi connectivity index (χ1) is 15.9. The van der Waals surface area contributed by atoms with Crippen LogP contribution in [-0.4, -0.2) is 24.2 Å². The Hall–Kier alpha value is -3.64. The molecule has 8 nitrogen and oxygen atoms in total. The number of hydrogen-bond acceptors (Lipinski definition) is 7. The van der Waals surface area contributed by atoms with Gasteiger partial charge in [-0.05, 0) is 49.7 Å². The summed E-state index contributed by atoms with van der Waals surface area (Å²) >= 11 is 1.17. The van der Waals surface area contributed by atoms with Gasteiger partial charge in [-0.3, -0.25) is 9.59 Å². The summed E-state index contributed by atoms with van der Waals surface area (Å²) in [5.41, 5.74) is 7.28. The molecule has 1 aromatic heterocycles. The summed E-state index contributed by atoms with van der Waals surface area (Å²) in [6.07, 6.45) is 3.52. The van der Waals surface area contributed by atoms with Gasteiger partial charge in [0.1, 0.15) is 11.5 Å². The Morgan fingerprint density at radius 2 is 2.06 bits per heavy atom. The van der Waals surface area contributed by atoms with Crippen molar-refractivity contribution in [1.82, 2.24) is 5.32 Å². The number of nitrogens with two attached hydrogens (primary N) is 1. The molecule has 1 unspecified atom stereocenters. The second-order valence-corrected chi connectivity index (χ2v) is 8.38. The summed E-state index contributed by atoms with van der Waals surface area (Å²) in [6.45, 7) is 4.46. The lowest BCUT2D eigenvalue weighted by Crippen LogP contribution is -2.31. The van der Waals surface area contributed by atoms with E-state index in [1.807, 2.05) is 12.1 Å². The Morgan fingerprint density at radius 3 is 2.67 bits per heavy atom. The number of thioether (sulfide) groups is 1. The van der Waals surface area contributed by atoms with Crippen molar-refractivity contribution in [3.8, 4) is 11.8 Å². The fourth-order valence-corrected chi connectivity index (χ4v) is 4.29. The summed E-state index contributed by atoms with van der Waals surface area (Å²) < 4.78 is 11.1. The van der Waals surface area contributed by atoms with Gasteiger partial charge in [0.2, 0.25) is 11.8 Å². The van der Waals surface area contributed by atoms with Crippen molar-refractivity contribution >= 4 is 29.3 Å². The molecule has 0 saturated carbocycles. The van der Waals surface area contributed by atoms with Gasteiger partial charge < -0.3 is 25.5 Å². The topological polar surface area (TPSA) is 130 Å². The summed E-state index contributed by atoms with van der Waals surface area (Å²) in [6, 6.07) is 12.7. The number of hydrogen-bond donors (Lipinski definition) is 3. The van der Waals surface area contributed by atoms with Gasteiger partial charge in [0.15, 0.2) is 0 Å². The number of carbonyl (C=O) groups excluding carboxylic acids is 2. The first-order valence-corrected chi connectivity index (χ1v) is 11.5. The highest BCUT2D eigenvalue weighted by Crippen LogP contribution is 2.40. The van der Waals surface area contributed by atoms with Gasteiger partial charge in [-0.15, -0.1) is 0 Å². The summed E-state index contributed by atoms with van der Waals surface area (Å²) in [4.78, 5) is 24.6. The van der Waals surface area contributed by atoms with Crippen LogP contribution in [-0.2, 0) is 9.59 Å². The van der Waals surface area contributed by atoms with Crippen molar-refractivity contribution in [2.75, 3.05) is 17.7 Å². The van der Waals surface area contributed by atoms with E-state index < -0.39 is 11.8 Å². The predicted molar refractivity (Wildman–Crippen MR) is 127 cm³/mol. The van der Waals surface area contributed by atoms with Crippen LogP contribution in [0.25, 0.3) is 0 Å². The van der Waals surface area contributed by atoms with Crippen LogP contribution in [0.15, 0.2) is 69.0 Å². The van der Waals surface area contributed by atoms with Crippen molar-refractivity contribution in [2.24, 2.45) is 5.73 Å². The molecule has 33 heavy (non-hydrogen) atoms. The van der Waals surface area contributed by atoms with Crippen LogP contribution in [0.1, 0.15) is 38.4 Å². The van der Waals surface area contributed by atoms with Crippen molar-refractivity contribution < 1.29 is 18.7 Å². The van der Waals surface area contributed by atoms with Crippen molar-refractivity contribution in [3.05, 3.63) is 70.3 Å². The molecular weight excluding hydrogens is 440 g/mol. The molecule has 4 N–H and O–H groups in total. The number of rotatable bonds is 10. The average Bonchev–Trinajstić information content (AvgIpc) is 3.33. The van der Waals surface area contributed by atoms with E-state index in [1.165, 1.54) is 18.0 Å². The number of benzene rings is 1. The molecule has 1 aliphatic rings. The maximum atomic E-state index is 12.5. The monoisotopic (exact) mass is 466 g/mol. The van der Waals surface area contributed by atoms with E-state index in [0.717, 1.165) is 18.6 Å². The normalized spacial score (nSPS) is 15.6. The highest BCUT2D eigenvalue weighted by molar-refractivity contribution is 8.03. The van der Waals surface area contributed by atoms with Gasteiger partial charge in [0.05, 0.1) is 46.8 Å². The van der Waals surface area contributed by atoms with E-state index in [1.54, 1.807) is 31.2 Å². The molecule has 3 rings (SSSR count). The summed E-state index contributed by atoms with van der Waals surface area (Å²) in [5.74, 6) is -0.352. The molecule has 2 amide bonds. The average molecular weight is 467 g/mol. The third-order valence-electron chi connectivity index (χ3n) is 4.99. The van der Waals surface area contributed by atoms with E-state index in [9.17, 15) is 14.9 Å². The molecule has 0 spiro atoms. The Bertz CT molecular complexity index is 1100. The highest BCUT2D eigenvalue weighted by Gasteiger charge is 2.35.